The van der Waals surface area contributed by atoms with Crippen molar-refractivity contribution in [2.45, 2.75) is 4.90 Å². The molecule has 0 aliphatic carbocycles. The van der Waals surface area contributed by atoms with Crippen molar-refractivity contribution >= 4 is 12.6 Å². The lowest BCUT2D eigenvalue weighted by atomic mass is 10.3. The molecule has 0 aliphatic heterocycles. The number of hydrogen-bond donors (Lipinski definition) is 1. The van der Waals surface area contributed by atoms with Gasteiger partial charge in [0.05, 0.1) is 0 Å². The third-order valence-corrected chi connectivity index (χ3v) is 1.28. The van der Waals surface area contributed by atoms with E-state index in [0.717, 1.165) is 6.07 Å². The number of benzene rings is 1. The maximum Gasteiger partial charge on any atom is 0.172 e. The summed E-state index contributed by atoms with van der Waals surface area (Å²) in [5, 5.41) is 0. The first kappa shape index (κ1) is 6.55. The number of halogens is 2. The second-order valence-corrected chi connectivity index (χ2v) is 2.05. The van der Waals surface area contributed by atoms with Crippen LogP contribution in [0.1, 0.15) is 0 Å². The van der Waals surface area contributed by atoms with E-state index in [9.17, 15) is 8.78 Å². The van der Waals surface area contributed by atoms with Crippen molar-refractivity contribution in [3.05, 3.63) is 29.8 Å². The lowest BCUT2D eigenvalue weighted by molar-refractivity contribution is 0.492. The van der Waals surface area contributed by atoms with Gasteiger partial charge in [-0.25, -0.2) is 8.78 Å². The van der Waals surface area contributed by atoms with Gasteiger partial charge in [0.2, 0.25) is 0 Å². The van der Waals surface area contributed by atoms with Gasteiger partial charge in [0.25, 0.3) is 0 Å². The Morgan fingerprint density at radius 1 is 1.22 bits per heavy atom. The summed E-state index contributed by atoms with van der Waals surface area (Å²) in [5.74, 6) is -1.75. The van der Waals surface area contributed by atoms with Crippen LogP contribution in [0.15, 0.2) is 23.1 Å². The maximum atomic E-state index is 12.3. The van der Waals surface area contributed by atoms with Gasteiger partial charge in [0, 0.05) is 4.90 Å². The molecule has 0 nitrogen and oxygen atoms in total. The summed E-state index contributed by atoms with van der Waals surface area (Å²) in [5.41, 5.74) is 0. The summed E-state index contributed by atoms with van der Waals surface area (Å²) in [6, 6.07) is 3.84. The molecule has 0 bridgehead atoms. The highest BCUT2D eigenvalue weighted by molar-refractivity contribution is 7.80. The van der Waals surface area contributed by atoms with E-state index in [-0.39, 0.29) is 4.90 Å². The van der Waals surface area contributed by atoms with Crippen LogP contribution in [0, 0.1) is 11.6 Å². The van der Waals surface area contributed by atoms with Gasteiger partial charge in [0.15, 0.2) is 11.6 Å². The van der Waals surface area contributed by atoms with Gasteiger partial charge in [-0.3, -0.25) is 0 Å². The Bertz CT molecular complexity index is 202. The Kier molecular flexibility index (Phi) is 1.71. The highest BCUT2D eigenvalue weighted by Gasteiger charge is 2.01. The van der Waals surface area contributed by atoms with Crippen LogP contribution in [-0.2, 0) is 0 Å². The van der Waals surface area contributed by atoms with Crippen LogP contribution in [-0.4, -0.2) is 0 Å². The summed E-state index contributed by atoms with van der Waals surface area (Å²) in [6.07, 6.45) is 0. The average molecular weight is 146 g/mol. The molecule has 0 saturated heterocycles. The van der Waals surface area contributed by atoms with Crippen LogP contribution in [0.2, 0.25) is 0 Å². The van der Waals surface area contributed by atoms with Crippen LogP contribution in [0.4, 0.5) is 8.78 Å². The third kappa shape index (κ3) is 1.21. The van der Waals surface area contributed by atoms with Gasteiger partial charge in [-0.15, -0.1) is 12.6 Å². The predicted octanol–water partition coefficient (Wildman–Crippen LogP) is 2.25. The first-order valence-electron chi connectivity index (χ1n) is 2.35. The molecule has 0 fully saturated rings. The van der Waals surface area contributed by atoms with Crippen LogP contribution >= 0.6 is 12.6 Å². The molecule has 9 heavy (non-hydrogen) atoms. The topological polar surface area (TPSA) is 0 Å². The zero-order chi connectivity index (χ0) is 6.85. The van der Waals surface area contributed by atoms with Gasteiger partial charge in [-0.2, -0.15) is 0 Å². The second kappa shape index (κ2) is 2.35. The highest BCUT2D eigenvalue weighted by Crippen LogP contribution is 2.13. The number of thiol groups is 1. The van der Waals surface area contributed by atoms with Crippen LogP contribution in [0.25, 0.3) is 0 Å². The minimum Gasteiger partial charge on any atom is -0.204 e. The molecule has 0 unspecified atom stereocenters. The standard InChI is InChI=1S/C6H4F2S/c7-4-2-1-3-5(9)6(4)8/h1-3,9H. The Morgan fingerprint density at radius 3 is 2.33 bits per heavy atom. The molecule has 1 rings (SSSR count). The van der Waals surface area contributed by atoms with Gasteiger partial charge in [-0.1, -0.05) is 6.07 Å². The third-order valence-electron chi connectivity index (χ3n) is 0.931. The molecule has 1 aromatic carbocycles. The molecule has 0 heterocycles. The van der Waals surface area contributed by atoms with Crippen molar-refractivity contribution in [2.75, 3.05) is 0 Å². The van der Waals surface area contributed by atoms with Crippen molar-refractivity contribution in [3.63, 3.8) is 0 Å². The average Bonchev–Trinajstić information content (AvgIpc) is 1.83. The second-order valence-electron chi connectivity index (χ2n) is 1.57. The minimum absolute atomic E-state index is 0.0370. The van der Waals surface area contributed by atoms with E-state index in [1.54, 1.807) is 0 Å². The SMILES string of the molecule is Fc1cccc(S)c1F. The van der Waals surface area contributed by atoms with Gasteiger partial charge in [-0.05, 0) is 12.1 Å². The number of hydrogen-bond acceptors (Lipinski definition) is 1. The molecule has 0 atom stereocenters. The van der Waals surface area contributed by atoms with Crippen molar-refractivity contribution in [1.29, 1.82) is 0 Å². The quantitative estimate of drug-likeness (QED) is 0.533. The molecule has 48 valence electrons. The van der Waals surface area contributed by atoms with E-state index in [1.807, 2.05) is 0 Å². The molecule has 0 saturated carbocycles. The summed E-state index contributed by atoms with van der Waals surface area (Å²) in [4.78, 5) is 0.0370. The minimum atomic E-state index is -0.888. The Balaban J connectivity index is 3.25. The van der Waals surface area contributed by atoms with Crippen molar-refractivity contribution in [3.8, 4) is 0 Å². The molecule has 1 aromatic rings. The zero-order valence-corrected chi connectivity index (χ0v) is 5.33. The van der Waals surface area contributed by atoms with E-state index in [4.69, 9.17) is 0 Å². The van der Waals surface area contributed by atoms with E-state index >= 15 is 0 Å². The molecule has 0 spiro atoms. The van der Waals surface area contributed by atoms with E-state index in [1.165, 1.54) is 12.1 Å². The van der Waals surface area contributed by atoms with Gasteiger partial charge in [0.1, 0.15) is 0 Å². The largest absolute Gasteiger partial charge is 0.204 e. The maximum absolute atomic E-state index is 12.3. The molecule has 0 radical (unpaired) electrons. The smallest absolute Gasteiger partial charge is 0.172 e. The van der Waals surface area contributed by atoms with Gasteiger partial charge >= 0.3 is 0 Å². The molecule has 0 aromatic heterocycles. The van der Waals surface area contributed by atoms with Crippen molar-refractivity contribution < 1.29 is 8.78 Å². The summed E-state index contributed by atoms with van der Waals surface area (Å²) in [7, 11) is 0. The Hall–Kier alpha value is -0.570. The predicted molar refractivity (Wildman–Crippen MR) is 33.6 cm³/mol. The van der Waals surface area contributed by atoms with Crippen molar-refractivity contribution in [2.24, 2.45) is 0 Å². The summed E-state index contributed by atoms with van der Waals surface area (Å²) >= 11 is 3.65. The van der Waals surface area contributed by atoms with Crippen LogP contribution in [0.3, 0.4) is 0 Å². The van der Waals surface area contributed by atoms with E-state index in [0.29, 0.717) is 0 Å². The highest BCUT2D eigenvalue weighted by atomic mass is 32.1. The zero-order valence-electron chi connectivity index (χ0n) is 4.44. The first-order chi connectivity index (χ1) is 4.22. The molecular weight excluding hydrogens is 142 g/mol. The van der Waals surface area contributed by atoms with Crippen LogP contribution in [0.5, 0.6) is 0 Å². The molecule has 0 amide bonds. The Morgan fingerprint density at radius 2 is 1.89 bits per heavy atom. The monoisotopic (exact) mass is 146 g/mol. The summed E-state index contributed by atoms with van der Waals surface area (Å²) < 4.78 is 24.4. The fourth-order valence-corrected chi connectivity index (χ4v) is 0.685. The summed E-state index contributed by atoms with van der Waals surface area (Å²) in [6.45, 7) is 0. The van der Waals surface area contributed by atoms with Crippen molar-refractivity contribution in [1.82, 2.24) is 0 Å². The van der Waals surface area contributed by atoms with E-state index in [2.05, 4.69) is 12.6 Å². The van der Waals surface area contributed by atoms with E-state index < -0.39 is 11.6 Å². The molecular formula is C6H4F2S. The lowest BCUT2D eigenvalue weighted by Gasteiger charge is -1.92. The fourth-order valence-electron chi connectivity index (χ4n) is 0.492. The Labute approximate surface area is 56.9 Å². The van der Waals surface area contributed by atoms with Crippen LogP contribution < -0.4 is 0 Å². The fraction of sp³-hybridized carbons (Fsp3) is 0. The normalized spacial score (nSPS) is 9.67. The first-order valence-corrected chi connectivity index (χ1v) is 2.79. The number of rotatable bonds is 0. The molecule has 0 aliphatic rings. The molecule has 3 heteroatoms. The van der Waals surface area contributed by atoms with Gasteiger partial charge < -0.3 is 0 Å². The molecule has 0 N–H and O–H groups in total. The lowest BCUT2D eigenvalue weighted by Crippen LogP contribution is -1.82.